The van der Waals surface area contributed by atoms with Gasteiger partial charge in [-0.05, 0) is 0 Å². The molecule has 152 valence electrons. The molecule has 2 aliphatic heterocycles. The molecule has 0 aromatic rings. The van der Waals surface area contributed by atoms with Crippen molar-refractivity contribution in [1.29, 1.82) is 0 Å². The molecule has 2 heterocycles. The molecule has 10 atom stereocenters. The smallest absolute Gasteiger partial charge is 0.187 e. The van der Waals surface area contributed by atoms with Crippen LogP contribution in [0.25, 0.3) is 0 Å². The molecular weight excluding hydrogens is 352 g/mol. The minimum atomic E-state index is -1.74. The Labute approximate surface area is 141 Å². The van der Waals surface area contributed by atoms with E-state index in [1.807, 2.05) is 0 Å². The summed E-state index contributed by atoms with van der Waals surface area (Å²) in [6.45, 7) is -1.35. The lowest BCUT2D eigenvalue weighted by Gasteiger charge is -2.45. The van der Waals surface area contributed by atoms with E-state index in [0.29, 0.717) is 0 Å². The normalized spacial score (nSPS) is 47.5. The van der Waals surface area contributed by atoms with Crippen LogP contribution in [-0.2, 0) is 14.2 Å². The van der Waals surface area contributed by atoms with Crippen LogP contribution < -0.4 is 0 Å². The van der Waals surface area contributed by atoms with E-state index in [9.17, 15) is 35.7 Å². The molecule has 0 spiro atoms. The van der Waals surface area contributed by atoms with Gasteiger partial charge in [-0.3, -0.25) is 0 Å². The van der Waals surface area contributed by atoms with Crippen molar-refractivity contribution in [2.75, 3.05) is 13.2 Å². The molecule has 0 aliphatic carbocycles. The molecule has 0 amide bonds. The fourth-order valence-corrected chi connectivity index (χ4v) is 2.57. The molecule has 2 rings (SSSR count). The van der Waals surface area contributed by atoms with Crippen molar-refractivity contribution in [3.63, 3.8) is 0 Å². The van der Waals surface area contributed by atoms with Crippen LogP contribution in [0.4, 0.5) is 0 Å². The molecule has 2 fully saturated rings. The predicted molar refractivity (Wildman–Crippen MR) is 75.8 cm³/mol. The maximum absolute atomic E-state index is 9.94. The Hall–Kier alpha value is -0.520. The standard InChI is InChI=1S/C12H22O11.2H2O/c13-1-3-5(15)6(16)9(19)12(22-3)23-10-4(2-14)21-11(20)8(18)7(10)17;;/h3-20H,1-2H2;2*1H2/t3-,4-,5+,6+,7-,8-,9-,10-,11-,12+;;/m1../s1. The monoisotopic (exact) mass is 378 g/mol. The van der Waals surface area contributed by atoms with Crippen LogP contribution in [0.1, 0.15) is 0 Å². The van der Waals surface area contributed by atoms with Crippen LogP contribution in [0.3, 0.4) is 0 Å². The van der Waals surface area contributed by atoms with Crippen LogP contribution >= 0.6 is 0 Å². The van der Waals surface area contributed by atoms with Gasteiger partial charge in [-0.25, -0.2) is 0 Å². The molecule has 25 heavy (non-hydrogen) atoms. The third-order valence-corrected chi connectivity index (χ3v) is 3.98. The van der Waals surface area contributed by atoms with E-state index in [1.54, 1.807) is 0 Å². The number of hydrogen-bond acceptors (Lipinski definition) is 11. The Kier molecular flexibility index (Phi) is 9.77. The van der Waals surface area contributed by atoms with E-state index in [4.69, 9.17) is 19.3 Å². The lowest BCUT2D eigenvalue weighted by molar-refractivity contribution is -0.355. The van der Waals surface area contributed by atoms with Crippen LogP contribution in [0, 0.1) is 0 Å². The van der Waals surface area contributed by atoms with Crippen LogP contribution in [0.15, 0.2) is 0 Å². The Morgan fingerprint density at radius 2 is 1.20 bits per heavy atom. The lowest BCUT2D eigenvalue weighted by atomic mass is 9.97. The zero-order valence-corrected chi connectivity index (χ0v) is 13.0. The van der Waals surface area contributed by atoms with Gasteiger partial charge in [-0.15, -0.1) is 0 Å². The number of hydrogen-bond donors (Lipinski definition) is 8. The molecule has 2 saturated heterocycles. The highest BCUT2D eigenvalue weighted by molar-refractivity contribution is 4.93. The Balaban J connectivity index is 0.00000288. The second-order valence-electron chi connectivity index (χ2n) is 5.53. The maximum atomic E-state index is 9.94. The van der Waals surface area contributed by atoms with Crippen LogP contribution in [0.5, 0.6) is 0 Å². The number of aliphatic hydroxyl groups is 8. The topological polar surface area (TPSA) is 253 Å². The molecule has 13 heteroatoms. The van der Waals surface area contributed by atoms with Crippen molar-refractivity contribution >= 4 is 0 Å². The van der Waals surface area contributed by atoms with Crippen molar-refractivity contribution in [2.24, 2.45) is 0 Å². The van der Waals surface area contributed by atoms with Crippen molar-refractivity contribution in [1.82, 2.24) is 0 Å². The van der Waals surface area contributed by atoms with Gasteiger partial charge in [0.05, 0.1) is 13.2 Å². The van der Waals surface area contributed by atoms with Crippen molar-refractivity contribution in [3.8, 4) is 0 Å². The zero-order valence-electron chi connectivity index (χ0n) is 13.0. The molecular formula is C12H26O13. The second kappa shape index (κ2) is 9.98. The SMILES string of the molecule is O.O.OC[C@H]1O[C@@H](O[C@H]2[C@H](O)[C@@H](O)[C@H](O)O[C@@H]2CO)[C@H](O)[C@@H](O)[C@H]1O. The van der Waals surface area contributed by atoms with E-state index in [1.165, 1.54) is 0 Å². The summed E-state index contributed by atoms with van der Waals surface area (Å²) >= 11 is 0. The van der Waals surface area contributed by atoms with Crippen LogP contribution in [-0.4, -0.2) is 126 Å². The van der Waals surface area contributed by atoms with Gasteiger partial charge in [0.2, 0.25) is 0 Å². The number of rotatable bonds is 4. The lowest BCUT2D eigenvalue weighted by Crippen LogP contribution is -2.64. The highest BCUT2D eigenvalue weighted by Gasteiger charge is 2.50. The largest absolute Gasteiger partial charge is 0.412 e. The average Bonchev–Trinajstić information content (AvgIpc) is 2.55. The molecule has 0 saturated carbocycles. The van der Waals surface area contributed by atoms with Gasteiger partial charge < -0.3 is 66.0 Å². The summed E-state index contributed by atoms with van der Waals surface area (Å²) in [5.41, 5.74) is 0. The predicted octanol–water partition coefficient (Wildman–Crippen LogP) is -7.05. The quantitative estimate of drug-likeness (QED) is 0.228. The fraction of sp³-hybridized carbons (Fsp3) is 1.00. The van der Waals surface area contributed by atoms with Gasteiger partial charge in [0, 0.05) is 0 Å². The van der Waals surface area contributed by atoms with E-state index in [-0.39, 0.29) is 11.0 Å². The van der Waals surface area contributed by atoms with Crippen LogP contribution in [0.2, 0.25) is 0 Å². The molecule has 0 aromatic carbocycles. The second-order valence-corrected chi connectivity index (χ2v) is 5.53. The Bertz CT molecular complexity index is 380. The molecule has 0 unspecified atom stereocenters. The van der Waals surface area contributed by atoms with Gasteiger partial charge >= 0.3 is 0 Å². The summed E-state index contributed by atoms with van der Waals surface area (Å²) in [5, 5.41) is 76.5. The van der Waals surface area contributed by atoms with Gasteiger partial charge in [-0.2, -0.15) is 0 Å². The van der Waals surface area contributed by atoms with Gasteiger partial charge in [-0.1, -0.05) is 0 Å². The summed E-state index contributed by atoms with van der Waals surface area (Å²) in [7, 11) is 0. The van der Waals surface area contributed by atoms with E-state index in [2.05, 4.69) is 0 Å². The molecule has 0 bridgehead atoms. The summed E-state index contributed by atoms with van der Waals surface area (Å²) in [6, 6.07) is 0. The molecule has 0 aromatic heterocycles. The molecule has 13 nitrogen and oxygen atoms in total. The molecule has 0 radical (unpaired) electrons. The van der Waals surface area contributed by atoms with Gasteiger partial charge in [0.25, 0.3) is 0 Å². The highest BCUT2D eigenvalue weighted by Crippen LogP contribution is 2.28. The maximum Gasteiger partial charge on any atom is 0.187 e. The Morgan fingerprint density at radius 3 is 1.72 bits per heavy atom. The first kappa shape index (κ1) is 24.5. The molecule has 12 N–H and O–H groups in total. The minimum absolute atomic E-state index is 0. The summed E-state index contributed by atoms with van der Waals surface area (Å²) in [5.74, 6) is 0. The summed E-state index contributed by atoms with van der Waals surface area (Å²) in [4.78, 5) is 0. The third-order valence-electron chi connectivity index (χ3n) is 3.98. The zero-order chi connectivity index (χ0) is 17.3. The van der Waals surface area contributed by atoms with E-state index >= 15 is 0 Å². The highest BCUT2D eigenvalue weighted by atomic mass is 16.7. The third kappa shape index (κ3) is 4.81. The van der Waals surface area contributed by atoms with E-state index in [0.717, 1.165) is 0 Å². The average molecular weight is 378 g/mol. The van der Waals surface area contributed by atoms with E-state index < -0.39 is 74.6 Å². The summed E-state index contributed by atoms with van der Waals surface area (Å²) in [6.07, 6.45) is -15.6. The number of ether oxygens (including phenoxy) is 3. The summed E-state index contributed by atoms with van der Waals surface area (Å²) < 4.78 is 15.3. The van der Waals surface area contributed by atoms with Gasteiger partial charge in [0.15, 0.2) is 12.6 Å². The first-order valence-corrected chi connectivity index (χ1v) is 7.08. The first-order chi connectivity index (χ1) is 10.8. The minimum Gasteiger partial charge on any atom is -0.412 e. The Morgan fingerprint density at radius 1 is 0.640 bits per heavy atom. The van der Waals surface area contributed by atoms with Crippen molar-refractivity contribution in [3.05, 3.63) is 0 Å². The number of aliphatic hydroxyl groups excluding tert-OH is 8. The van der Waals surface area contributed by atoms with Gasteiger partial charge in [0.1, 0.15) is 48.8 Å². The van der Waals surface area contributed by atoms with Crippen molar-refractivity contribution in [2.45, 2.75) is 61.4 Å². The van der Waals surface area contributed by atoms with Crippen molar-refractivity contribution < 1.29 is 66.0 Å². The fourth-order valence-electron chi connectivity index (χ4n) is 2.57. The molecule has 2 aliphatic rings. The first-order valence-electron chi connectivity index (χ1n) is 7.08.